The van der Waals surface area contributed by atoms with Crippen LogP contribution < -0.4 is 0 Å². The number of rotatable bonds is 55. The summed E-state index contributed by atoms with van der Waals surface area (Å²) in [4.78, 5) is 38.1. The predicted octanol–water partition coefficient (Wildman–Crippen LogP) is 22.0. The zero-order chi connectivity index (χ0) is 57.8. The van der Waals surface area contributed by atoms with Crippen LogP contribution in [0.2, 0.25) is 0 Å². The molecule has 0 aromatic rings. The molecule has 0 amide bonds. The second kappa shape index (κ2) is 66.0. The SMILES string of the molecule is CC/C=C\C/C=C\C/C=C\C/C=C\C/C=C\C/C=C\C/C=C\C/C=C\C/C=C\C/C=C\CCCCCCC(=O)OCC(COC(=O)CCCCCCCCCCCCCC)OC(=O)C/C=C\C/C=C\C/C=C\C/C=C\C/C=C\CC. The molecule has 446 valence electrons. The van der Waals surface area contributed by atoms with E-state index in [9.17, 15) is 14.4 Å². The molecule has 0 saturated carbocycles. The van der Waals surface area contributed by atoms with E-state index >= 15 is 0 Å². The van der Waals surface area contributed by atoms with Crippen LogP contribution in [-0.4, -0.2) is 37.2 Å². The van der Waals surface area contributed by atoms with Crippen molar-refractivity contribution in [1.29, 1.82) is 0 Å². The van der Waals surface area contributed by atoms with Crippen LogP contribution in [0.5, 0.6) is 0 Å². The molecule has 0 bridgehead atoms. The molecule has 0 aliphatic rings. The van der Waals surface area contributed by atoms with Crippen LogP contribution in [0.4, 0.5) is 0 Å². The fourth-order valence-corrected chi connectivity index (χ4v) is 8.02. The molecule has 0 aromatic carbocycles. The largest absolute Gasteiger partial charge is 0.462 e. The van der Waals surface area contributed by atoms with Crippen molar-refractivity contribution in [2.24, 2.45) is 0 Å². The van der Waals surface area contributed by atoms with E-state index in [0.29, 0.717) is 19.3 Å². The zero-order valence-electron chi connectivity index (χ0n) is 51.0. The van der Waals surface area contributed by atoms with Gasteiger partial charge in [0.05, 0.1) is 6.42 Å². The molecule has 0 radical (unpaired) electrons. The van der Waals surface area contributed by atoms with E-state index in [1.165, 1.54) is 57.8 Å². The summed E-state index contributed by atoms with van der Waals surface area (Å²) < 4.78 is 16.7. The van der Waals surface area contributed by atoms with Gasteiger partial charge in [0.15, 0.2) is 6.10 Å². The van der Waals surface area contributed by atoms with Gasteiger partial charge in [-0.1, -0.05) is 287 Å². The van der Waals surface area contributed by atoms with E-state index < -0.39 is 12.1 Å². The fourth-order valence-electron chi connectivity index (χ4n) is 8.02. The third kappa shape index (κ3) is 63.3. The molecule has 0 aliphatic heterocycles. The van der Waals surface area contributed by atoms with Gasteiger partial charge < -0.3 is 14.2 Å². The summed E-state index contributed by atoms with van der Waals surface area (Å²) in [5, 5.41) is 0. The number of hydrogen-bond donors (Lipinski definition) is 0. The maximum absolute atomic E-state index is 12.8. The average molecular weight is 1100 g/mol. The van der Waals surface area contributed by atoms with Crippen molar-refractivity contribution in [3.05, 3.63) is 182 Å². The van der Waals surface area contributed by atoms with Crippen molar-refractivity contribution >= 4 is 17.9 Å². The van der Waals surface area contributed by atoms with Crippen molar-refractivity contribution in [2.45, 2.75) is 252 Å². The van der Waals surface area contributed by atoms with E-state index in [-0.39, 0.29) is 31.6 Å². The molecule has 1 atom stereocenters. The Kier molecular flexibility index (Phi) is 61.5. The van der Waals surface area contributed by atoms with Crippen molar-refractivity contribution in [3.8, 4) is 0 Å². The van der Waals surface area contributed by atoms with Crippen LogP contribution in [-0.2, 0) is 28.6 Å². The molecule has 0 aromatic heterocycles. The molecule has 0 heterocycles. The first-order chi connectivity index (χ1) is 39.5. The minimum absolute atomic E-state index is 0.0839. The molecular weight excluding hydrogens is 985 g/mol. The van der Waals surface area contributed by atoms with E-state index in [1.54, 1.807) is 6.08 Å². The first kappa shape index (κ1) is 74.5. The Bertz CT molecular complexity index is 1890. The van der Waals surface area contributed by atoms with E-state index in [1.807, 2.05) is 6.08 Å². The van der Waals surface area contributed by atoms with Crippen LogP contribution in [0, 0.1) is 0 Å². The smallest absolute Gasteiger partial charge is 0.310 e. The monoisotopic (exact) mass is 1100 g/mol. The van der Waals surface area contributed by atoms with Crippen LogP contribution in [0.1, 0.15) is 245 Å². The lowest BCUT2D eigenvalue weighted by Gasteiger charge is -2.18. The molecule has 80 heavy (non-hydrogen) atoms. The normalized spacial score (nSPS) is 13.4. The molecule has 6 nitrogen and oxygen atoms in total. The van der Waals surface area contributed by atoms with Crippen molar-refractivity contribution < 1.29 is 28.6 Å². The second-order valence-electron chi connectivity index (χ2n) is 20.2. The quantitative estimate of drug-likeness (QED) is 0.0261. The number of esters is 3. The minimum Gasteiger partial charge on any atom is -0.462 e. The van der Waals surface area contributed by atoms with Crippen LogP contribution >= 0.6 is 0 Å². The second-order valence-corrected chi connectivity index (χ2v) is 20.2. The Hall–Kier alpha value is -5.49. The third-order valence-electron chi connectivity index (χ3n) is 12.7. The first-order valence-electron chi connectivity index (χ1n) is 31.8. The highest BCUT2D eigenvalue weighted by Gasteiger charge is 2.19. The fraction of sp³-hybridized carbons (Fsp3) is 0.554. The molecule has 6 heteroatoms. The number of allylic oxidation sites excluding steroid dienone is 29. The summed E-state index contributed by atoms with van der Waals surface area (Å²) >= 11 is 0. The van der Waals surface area contributed by atoms with Gasteiger partial charge in [0.25, 0.3) is 0 Å². The van der Waals surface area contributed by atoms with E-state index in [0.717, 1.165) is 141 Å². The lowest BCUT2D eigenvalue weighted by Crippen LogP contribution is -2.30. The van der Waals surface area contributed by atoms with Gasteiger partial charge in [-0.2, -0.15) is 0 Å². The summed E-state index contributed by atoms with van der Waals surface area (Å²) in [7, 11) is 0. The number of ether oxygens (including phenoxy) is 3. The Morgan fingerprint density at radius 1 is 0.275 bits per heavy atom. The number of unbranched alkanes of at least 4 members (excludes halogenated alkanes) is 15. The summed E-state index contributed by atoms with van der Waals surface area (Å²) in [6, 6.07) is 0. The van der Waals surface area contributed by atoms with Gasteiger partial charge >= 0.3 is 17.9 Å². The molecule has 0 spiro atoms. The summed E-state index contributed by atoms with van der Waals surface area (Å²) in [6.07, 6.45) is 99.3. The maximum atomic E-state index is 12.8. The summed E-state index contributed by atoms with van der Waals surface area (Å²) in [6.45, 7) is 6.29. The van der Waals surface area contributed by atoms with E-state index in [4.69, 9.17) is 14.2 Å². The Morgan fingerprint density at radius 2 is 0.525 bits per heavy atom. The van der Waals surface area contributed by atoms with Gasteiger partial charge in [-0.3, -0.25) is 14.4 Å². The van der Waals surface area contributed by atoms with Crippen LogP contribution in [0.3, 0.4) is 0 Å². The lowest BCUT2D eigenvalue weighted by atomic mass is 10.0. The number of hydrogen-bond acceptors (Lipinski definition) is 6. The highest BCUT2D eigenvalue weighted by molar-refractivity contribution is 5.72. The zero-order valence-corrected chi connectivity index (χ0v) is 51.0. The number of carbonyl (C=O) groups is 3. The van der Waals surface area contributed by atoms with Crippen LogP contribution in [0.15, 0.2) is 182 Å². The molecule has 0 saturated heterocycles. The van der Waals surface area contributed by atoms with Gasteiger partial charge in [0.2, 0.25) is 0 Å². The molecule has 0 rings (SSSR count). The van der Waals surface area contributed by atoms with Crippen molar-refractivity contribution in [1.82, 2.24) is 0 Å². The summed E-state index contributed by atoms with van der Waals surface area (Å²) in [5.74, 6) is -1.10. The predicted molar refractivity (Wildman–Crippen MR) is 348 cm³/mol. The Morgan fingerprint density at radius 3 is 0.825 bits per heavy atom. The Labute approximate surface area is 491 Å². The highest BCUT2D eigenvalue weighted by Crippen LogP contribution is 2.14. The third-order valence-corrected chi connectivity index (χ3v) is 12.7. The van der Waals surface area contributed by atoms with Gasteiger partial charge in [0.1, 0.15) is 13.2 Å². The van der Waals surface area contributed by atoms with Gasteiger partial charge in [-0.05, 0) is 122 Å². The van der Waals surface area contributed by atoms with Gasteiger partial charge in [-0.15, -0.1) is 0 Å². The van der Waals surface area contributed by atoms with Gasteiger partial charge in [0, 0.05) is 12.8 Å². The molecular formula is C74H114O6. The van der Waals surface area contributed by atoms with E-state index in [2.05, 4.69) is 191 Å². The molecule has 1 unspecified atom stereocenters. The lowest BCUT2D eigenvalue weighted by molar-refractivity contribution is -0.166. The molecule has 0 N–H and O–H groups in total. The highest BCUT2D eigenvalue weighted by atomic mass is 16.6. The van der Waals surface area contributed by atoms with Crippen molar-refractivity contribution in [2.75, 3.05) is 13.2 Å². The molecule has 0 aliphatic carbocycles. The van der Waals surface area contributed by atoms with Crippen molar-refractivity contribution in [3.63, 3.8) is 0 Å². The first-order valence-corrected chi connectivity index (χ1v) is 31.8. The van der Waals surface area contributed by atoms with Crippen LogP contribution in [0.25, 0.3) is 0 Å². The molecule has 0 fully saturated rings. The standard InChI is InChI=1S/C74H114O6/c1-4-7-10-13-16-19-22-25-27-28-29-30-31-32-33-34-35-36-37-38-39-40-41-42-43-44-45-46-48-49-52-55-58-61-64-67-73(76)79-70-71(69-78-72(75)66-63-60-57-54-51-24-21-18-15-12-9-6-3)80-74(77)68-65-62-59-56-53-50-47-26-23-20-17-14-11-8-5-2/h7-8,10-11,16-17,19-20,25-27,29-30,32-33,35-36,38-39,41-42,44-45,47-49,53,56,62,65,71H,4-6,9,12-15,18,21-24,28,31,34,37,40,43,46,50-52,54-55,57-61,63-64,66-70H2,1-3H3/b10-7-,11-8-,19-16-,20-17-,27-25-,30-29-,33-32-,36-35-,39-38-,42-41-,45-44-,47-26-,49-48-,56-53-,65-62-. The minimum atomic E-state index is -0.851. The summed E-state index contributed by atoms with van der Waals surface area (Å²) in [5.41, 5.74) is 0. The average Bonchev–Trinajstić information content (AvgIpc) is 3.46. The van der Waals surface area contributed by atoms with Gasteiger partial charge in [-0.25, -0.2) is 0 Å². The Balaban J connectivity index is 4.38. The maximum Gasteiger partial charge on any atom is 0.310 e. The number of carbonyl (C=O) groups excluding carboxylic acids is 3. The topological polar surface area (TPSA) is 78.9 Å².